The minimum absolute atomic E-state index is 0.0172. The van der Waals surface area contributed by atoms with E-state index in [2.05, 4.69) is 15.6 Å². The maximum atomic E-state index is 13.0. The van der Waals surface area contributed by atoms with E-state index in [0.717, 1.165) is 35.3 Å². The maximum absolute atomic E-state index is 13.0. The molecule has 1 atom stereocenters. The third-order valence-corrected chi connectivity index (χ3v) is 6.28. The van der Waals surface area contributed by atoms with Crippen molar-refractivity contribution in [1.82, 2.24) is 15.2 Å². The summed E-state index contributed by atoms with van der Waals surface area (Å²) in [6, 6.07) is 9.86. The molecule has 0 unspecified atom stereocenters. The molecule has 156 valence electrons. The topological polar surface area (TPSA) is 99.6 Å². The van der Waals surface area contributed by atoms with Crippen molar-refractivity contribution >= 4 is 23.2 Å². The molecule has 2 aromatic rings. The summed E-state index contributed by atoms with van der Waals surface area (Å²) in [4.78, 5) is 18.9. The number of benzene rings is 1. The van der Waals surface area contributed by atoms with Crippen molar-refractivity contribution < 1.29 is 14.3 Å². The van der Waals surface area contributed by atoms with Gasteiger partial charge in [0.15, 0.2) is 5.96 Å². The molecule has 8 heteroatoms. The van der Waals surface area contributed by atoms with Crippen LogP contribution in [0, 0.1) is 5.41 Å². The zero-order valence-corrected chi connectivity index (χ0v) is 16.9. The SMILES string of the molecule is COc1ncccc1Nc1cccc2c1C[C@]21CC(=O)N(C2CCOCC2)C(=N)N1. The van der Waals surface area contributed by atoms with E-state index in [1.54, 1.807) is 18.2 Å². The van der Waals surface area contributed by atoms with Gasteiger partial charge in [0.1, 0.15) is 5.69 Å². The molecule has 1 aromatic carbocycles. The van der Waals surface area contributed by atoms with Gasteiger partial charge in [0.05, 0.1) is 19.1 Å². The Morgan fingerprint density at radius 1 is 1.23 bits per heavy atom. The van der Waals surface area contributed by atoms with Gasteiger partial charge in [0, 0.05) is 37.6 Å². The van der Waals surface area contributed by atoms with Gasteiger partial charge in [-0.1, -0.05) is 12.1 Å². The number of amides is 1. The first-order valence-corrected chi connectivity index (χ1v) is 10.3. The van der Waals surface area contributed by atoms with E-state index in [-0.39, 0.29) is 17.9 Å². The van der Waals surface area contributed by atoms with Crippen LogP contribution < -0.4 is 15.4 Å². The Labute approximate surface area is 175 Å². The van der Waals surface area contributed by atoms with E-state index >= 15 is 0 Å². The summed E-state index contributed by atoms with van der Waals surface area (Å²) in [6.45, 7) is 1.28. The van der Waals surface area contributed by atoms with Crippen LogP contribution in [-0.2, 0) is 21.5 Å². The van der Waals surface area contributed by atoms with Crippen LogP contribution in [0.15, 0.2) is 36.5 Å². The first kappa shape index (κ1) is 18.9. The fourth-order valence-corrected chi connectivity index (χ4v) is 4.82. The average molecular weight is 407 g/mol. The van der Waals surface area contributed by atoms with Crippen LogP contribution in [0.2, 0.25) is 0 Å². The van der Waals surface area contributed by atoms with Crippen molar-refractivity contribution in [2.75, 3.05) is 25.6 Å². The number of ether oxygens (including phenoxy) is 2. The molecule has 1 aromatic heterocycles. The van der Waals surface area contributed by atoms with E-state index in [9.17, 15) is 4.79 Å². The van der Waals surface area contributed by atoms with Gasteiger partial charge in [0.2, 0.25) is 11.8 Å². The lowest BCUT2D eigenvalue weighted by Crippen LogP contribution is -2.66. The van der Waals surface area contributed by atoms with Gasteiger partial charge >= 0.3 is 0 Å². The largest absolute Gasteiger partial charge is 0.480 e. The summed E-state index contributed by atoms with van der Waals surface area (Å²) in [6.07, 6.45) is 4.29. The lowest BCUT2D eigenvalue weighted by molar-refractivity contribution is -0.134. The molecule has 1 aliphatic carbocycles. The molecule has 3 heterocycles. The Morgan fingerprint density at radius 3 is 2.80 bits per heavy atom. The Hall–Kier alpha value is -3.13. The third-order valence-electron chi connectivity index (χ3n) is 6.28. The molecule has 1 spiro atoms. The zero-order valence-electron chi connectivity index (χ0n) is 16.9. The summed E-state index contributed by atoms with van der Waals surface area (Å²) in [5.74, 6) is 0.753. The number of methoxy groups -OCH3 is 1. The number of fused-ring (bicyclic) bond motifs is 2. The number of aromatic nitrogens is 1. The number of carbonyl (C=O) groups is 1. The Morgan fingerprint density at radius 2 is 2.03 bits per heavy atom. The van der Waals surface area contributed by atoms with Crippen molar-refractivity contribution in [3.63, 3.8) is 0 Å². The molecular formula is C22H25N5O3. The van der Waals surface area contributed by atoms with Crippen LogP contribution >= 0.6 is 0 Å². The van der Waals surface area contributed by atoms with Crippen molar-refractivity contribution in [3.8, 4) is 5.88 Å². The highest BCUT2D eigenvalue weighted by molar-refractivity contribution is 6.00. The molecule has 3 aliphatic rings. The third kappa shape index (κ3) is 2.99. The standard InChI is InChI=1S/C22H25N5O3/c1-29-20-18(6-3-9-24-20)25-17-5-2-4-16-15(17)12-22(16)13-19(28)27(21(23)26-22)14-7-10-30-11-8-14/h2-6,9,14,25H,7-8,10-13H2,1H3,(H2,23,26)/t22-/m0/s1. The van der Waals surface area contributed by atoms with Crippen LogP contribution in [0.3, 0.4) is 0 Å². The van der Waals surface area contributed by atoms with Crippen LogP contribution in [0.1, 0.15) is 30.4 Å². The van der Waals surface area contributed by atoms with Gasteiger partial charge in [0.25, 0.3) is 0 Å². The van der Waals surface area contributed by atoms with Gasteiger partial charge in [-0.2, -0.15) is 0 Å². The number of pyridine rings is 1. The van der Waals surface area contributed by atoms with Crippen LogP contribution in [-0.4, -0.2) is 48.1 Å². The Kier molecular flexibility index (Phi) is 4.58. The molecule has 0 saturated carbocycles. The number of nitrogens with one attached hydrogen (secondary N) is 3. The highest BCUT2D eigenvalue weighted by Gasteiger charge is 2.51. The average Bonchev–Trinajstić information content (AvgIpc) is 2.75. The lowest BCUT2D eigenvalue weighted by Gasteiger charge is -2.51. The van der Waals surface area contributed by atoms with Crippen molar-refractivity contribution in [3.05, 3.63) is 47.7 Å². The second-order valence-corrected chi connectivity index (χ2v) is 8.03. The number of nitrogens with zero attached hydrogens (tertiary/aromatic N) is 2. The van der Waals surface area contributed by atoms with Crippen LogP contribution in [0.25, 0.3) is 0 Å². The normalized spacial score (nSPS) is 23.6. The Bertz CT molecular complexity index is 984. The summed E-state index contributed by atoms with van der Waals surface area (Å²) >= 11 is 0. The number of guanidine groups is 1. The van der Waals surface area contributed by atoms with E-state index < -0.39 is 5.54 Å². The van der Waals surface area contributed by atoms with Crippen molar-refractivity contribution in [1.29, 1.82) is 5.41 Å². The molecular weight excluding hydrogens is 382 g/mol. The van der Waals surface area contributed by atoms with E-state index in [1.165, 1.54) is 0 Å². The predicted octanol–water partition coefficient (Wildman–Crippen LogP) is 2.52. The van der Waals surface area contributed by atoms with Crippen molar-refractivity contribution in [2.45, 2.75) is 37.3 Å². The summed E-state index contributed by atoms with van der Waals surface area (Å²) in [5.41, 5.74) is 3.48. The number of hydrogen-bond donors (Lipinski definition) is 3. The molecule has 8 nitrogen and oxygen atoms in total. The second-order valence-electron chi connectivity index (χ2n) is 8.03. The Balaban J connectivity index is 1.39. The molecule has 2 saturated heterocycles. The number of rotatable bonds is 4. The lowest BCUT2D eigenvalue weighted by atomic mass is 9.67. The van der Waals surface area contributed by atoms with Gasteiger partial charge in [-0.15, -0.1) is 0 Å². The van der Waals surface area contributed by atoms with E-state index in [4.69, 9.17) is 14.9 Å². The van der Waals surface area contributed by atoms with E-state index in [1.807, 2.05) is 30.3 Å². The second kappa shape index (κ2) is 7.28. The number of hydrogen-bond acceptors (Lipinski definition) is 6. The molecule has 2 fully saturated rings. The van der Waals surface area contributed by atoms with Crippen LogP contribution in [0.5, 0.6) is 5.88 Å². The quantitative estimate of drug-likeness (QED) is 0.720. The molecule has 3 N–H and O–H groups in total. The molecule has 2 aliphatic heterocycles. The highest BCUT2D eigenvalue weighted by atomic mass is 16.5. The van der Waals surface area contributed by atoms with Gasteiger partial charge in [-0.3, -0.25) is 15.1 Å². The fraction of sp³-hybridized carbons (Fsp3) is 0.409. The zero-order chi connectivity index (χ0) is 20.7. The molecule has 5 rings (SSSR count). The van der Waals surface area contributed by atoms with Gasteiger partial charge in [-0.25, -0.2) is 4.98 Å². The smallest absolute Gasteiger partial charge is 0.237 e. The predicted molar refractivity (Wildman–Crippen MR) is 112 cm³/mol. The monoisotopic (exact) mass is 407 g/mol. The number of anilines is 2. The number of carbonyl (C=O) groups excluding carboxylic acids is 1. The molecule has 1 amide bonds. The molecule has 0 bridgehead atoms. The minimum Gasteiger partial charge on any atom is -0.480 e. The van der Waals surface area contributed by atoms with Crippen molar-refractivity contribution in [2.24, 2.45) is 0 Å². The van der Waals surface area contributed by atoms with Gasteiger partial charge < -0.3 is 20.1 Å². The van der Waals surface area contributed by atoms with E-state index in [0.29, 0.717) is 31.9 Å². The first-order chi connectivity index (χ1) is 14.6. The molecule has 0 radical (unpaired) electrons. The minimum atomic E-state index is -0.498. The fourth-order valence-electron chi connectivity index (χ4n) is 4.82. The molecule has 30 heavy (non-hydrogen) atoms. The summed E-state index contributed by atoms with van der Waals surface area (Å²) < 4.78 is 10.7. The maximum Gasteiger partial charge on any atom is 0.237 e. The first-order valence-electron chi connectivity index (χ1n) is 10.3. The summed E-state index contributed by atoms with van der Waals surface area (Å²) in [7, 11) is 1.60. The highest BCUT2D eigenvalue weighted by Crippen LogP contribution is 2.48. The van der Waals surface area contributed by atoms with Gasteiger partial charge in [-0.05, 0) is 42.2 Å². The summed E-state index contributed by atoms with van der Waals surface area (Å²) in [5, 5.41) is 15.3. The van der Waals surface area contributed by atoms with Crippen LogP contribution in [0.4, 0.5) is 11.4 Å².